The highest BCUT2D eigenvalue weighted by atomic mass is 16.5. The number of aromatic nitrogens is 5. The molecule has 3 atom stereocenters. The van der Waals surface area contributed by atoms with E-state index in [-0.39, 0.29) is 23.6 Å². The van der Waals surface area contributed by atoms with E-state index in [0.29, 0.717) is 40.3 Å². The highest BCUT2D eigenvalue weighted by Gasteiger charge is 2.46. The van der Waals surface area contributed by atoms with Gasteiger partial charge in [0.2, 0.25) is 0 Å². The molecule has 11 heteroatoms. The molecule has 0 bridgehead atoms. The van der Waals surface area contributed by atoms with Crippen LogP contribution in [0.25, 0.3) is 11.5 Å². The second kappa shape index (κ2) is 8.51. The summed E-state index contributed by atoms with van der Waals surface area (Å²) in [6.07, 6.45) is 6.86. The fourth-order valence-electron chi connectivity index (χ4n) is 4.77. The van der Waals surface area contributed by atoms with Gasteiger partial charge in [-0.2, -0.15) is 9.61 Å². The van der Waals surface area contributed by atoms with Crippen molar-refractivity contribution < 1.29 is 9.53 Å². The summed E-state index contributed by atoms with van der Waals surface area (Å²) in [5.41, 5.74) is 0.773. The average molecular weight is 473 g/mol. The molecule has 4 aromatic heterocycles. The van der Waals surface area contributed by atoms with Crippen LogP contribution < -0.4 is 21.5 Å². The molecule has 1 amide bonds. The van der Waals surface area contributed by atoms with Crippen LogP contribution in [-0.4, -0.2) is 55.9 Å². The van der Waals surface area contributed by atoms with E-state index < -0.39 is 0 Å². The standard InChI is InChI=1S/C24H24N8O3/c1-25-20-12-18(28-16-5-4-9-31(24(16)34)19-6-2-3-8-26-19)30-22-15(13-27-32(20)22)23(33)29-17-11-14-7-10-35-21(14)17/h2-6,8-9,12-14,17,21,25H,7,10-11H2,1H3,(H,28,30)(H,29,33)/t14-,17?,21?/m0/s1. The Bertz CT molecular complexity index is 1460. The van der Waals surface area contributed by atoms with Gasteiger partial charge in [0.05, 0.1) is 18.3 Å². The maximum atomic E-state index is 13.1. The summed E-state index contributed by atoms with van der Waals surface area (Å²) in [5.74, 6) is 1.81. The fourth-order valence-corrected chi connectivity index (χ4v) is 4.77. The Balaban J connectivity index is 1.31. The van der Waals surface area contributed by atoms with Gasteiger partial charge in [0, 0.05) is 32.1 Å². The van der Waals surface area contributed by atoms with E-state index in [2.05, 4.69) is 31.0 Å². The molecular formula is C24H24N8O3. The number of rotatable bonds is 6. The van der Waals surface area contributed by atoms with Crippen LogP contribution >= 0.6 is 0 Å². The molecule has 35 heavy (non-hydrogen) atoms. The van der Waals surface area contributed by atoms with Crippen molar-refractivity contribution in [2.24, 2.45) is 5.92 Å². The largest absolute Gasteiger partial charge is 0.376 e. The van der Waals surface area contributed by atoms with Gasteiger partial charge in [-0.3, -0.25) is 14.2 Å². The minimum atomic E-state index is -0.276. The van der Waals surface area contributed by atoms with Gasteiger partial charge in [-0.25, -0.2) is 9.97 Å². The van der Waals surface area contributed by atoms with Gasteiger partial charge in [0.25, 0.3) is 11.5 Å². The van der Waals surface area contributed by atoms with Gasteiger partial charge >= 0.3 is 0 Å². The molecule has 1 saturated carbocycles. The van der Waals surface area contributed by atoms with Crippen LogP contribution in [0.15, 0.2) is 59.8 Å². The third kappa shape index (κ3) is 3.69. The first-order valence-corrected chi connectivity index (χ1v) is 11.5. The average Bonchev–Trinajstić information content (AvgIpc) is 3.47. The zero-order chi connectivity index (χ0) is 23.9. The molecule has 2 aliphatic rings. The smallest absolute Gasteiger partial charge is 0.279 e. The van der Waals surface area contributed by atoms with Crippen molar-refractivity contribution >= 4 is 28.9 Å². The van der Waals surface area contributed by atoms with Crippen LogP contribution in [0.3, 0.4) is 0 Å². The Hall–Kier alpha value is -4.25. The Kier molecular flexibility index (Phi) is 5.18. The van der Waals surface area contributed by atoms with E-state index >= 15 is 0 Å². The van der Waals surface area contributed by atoms with Gasteiger partial charge in [-0.15, -0.1) is 0 Å². The number of carbonyl (C=O) groups excluding carboxylic acids is 1. The van der Waals surface area contributed by atoms with Crippen molar-refractivity contribution in [2.75, 3.05) is 24.3 Å². The molecule has 3 N–H and O–H groups in total. The molecule has 11 nitrogen and oxygen atoms in total. The lowest BCUT2D eigenvalue weighted by atomic mass is 9.77. The normalized spacial score (nSPS) is 20.8. The predicted octanol–water partition coefficient (Wildman–Crippen LogP) is 1.97. The van der Waals surface area contributed by atoms with E-state index in [9.17, 15) is 9.59 Å². The molecule has 0 spiro atoms. The molecule has 0 radical (unpaired) electrons. The van der Waals surface area contributed by atoms with Gasteiger partial charge in [0.1, 0.15) is 28.7 Å². The summed E-state index contributed by atoms with van der Waals surface area (Å²) < 4.78 is 8.75. The van der Waals surface area contributed by atoms with Gasteiger partial charge in [-0.05, 0) is 43.0 Å². The summed E-state index contributed by atoms with van der Waals surface area (Å²) in [7, 11) is 1.75. The number of nitrogens with one attached hydrogen (secondary N) is 3. The Morgan fingerprint density at radius 2 is 2.14 bits per heavy atom. The van der Waals surface area contributed by atoms with Crippen molar-refractivity contribution in [1.29, 1.82) is 0 Å². The number of pyridine rings is 2. The Morgan fingerprint density at radius 3 is 2.94 bits per heavy atom. The predicted molar refractivity (Wildman–Crippen MR) is 129 cm³/mol. The van der Waals surface area contributed by atoms with Crippen molar-refractivity contribution in [1.82, 2.24) is 29.5 Å². The summed E-state index contributed by atoms with van der Waals surface area (Å²) in [6.45, 7) is 0.752. The molecule has 0 aromatic carbocycles. The van der Waals surface area contributed by atoms with Crippen LogP contribution in [0.4, 0.5) is 17.3 Å². The van der Waals surface area contributed by atoms with Crippen molar-refractivity contribution in [2.45, 2.75) is 25.0 Å². The minimum absolute atomic E-state index is 0.00408. The first-order chi connectivity index (χ1) is 17.1. The van der Waals surface area contributed by atoms with Gasteiger partial charge in [-0.1, -0.05) is 6.07 Å². The maximum Gasteiger partial charge on any atom is 0.279 e. The zero-order valence-corrected chi connectivity index (χ0v) is 19.0. The number of fused-ring (bicyclic) bond motifs is 2. The third-order valence-electron chi connectivity index (χ3n) is 6.61. The molecule has 4 aromatic rings. The zero-order valence-electron chi connectivity index (χ0n) is 19.0. The molecule has 178 valence electrons. The lowest BCUT2D eigenvalue weighted by Crippen LogP contribution is -2.54. The van der Waals surface area contributed by atoms with Crippen LogP contribution in [0.5, 0.6) is 0 Å². The quantitative estimate of drug-likeness (QED) is 0.389. The highest BCUT2D eigenvalue weighted by Crippen LogP contribution is 2.38. The minimum Gasteiger partial charge on any atom is -0.376 e. The summed E-state index contributed by atoms with van der Waals surface area (Å²) in [6, 6.07) is 10.5. The van der Waals surface area contributed by atoms with E-state index in [4.69, 9.17) is 4.74 Å². The van der Waals surface area contributed by atoms with Crippen molar-refractivity contribution in [3.63, 3.8) is 0 Å². The number of carbonyl (C=O) groups is 1. The number of hydrogen-bond acceptors (Lipinski definition) is 8. The molecule has 2 fully saturated rings. The number of hydrogen-bond donors (Lipinski definition) is 3. The monoisotopic (exact) mass is 472 g/mol. The molecule has 1 saturated heterocycles. The first kappa shape index (κ1) is 21.3. The van der Waals surface area contributed by atoms with E-state index in [1.54, 1.807) is 54.3 Å². The van der Waals surface area contributed by atoms with Crippen molar-refractivity contribution in [3.05, 3.63) is 70.9 Å². The Labute approximate surface area is 200 Å². The molecule has 5 heterocycles. The first-order valence-electron chi connectivity index (χ1n) is 11.5. The summed E-state index contributed by atoms with van der Waals surface area (Å²) >= 11 is 0. The van der Waals surface area contributed by atoms with Crippen LogP contribution in [0.2, 0.25) is 0 Å². The topological polar surface area (TPSA) is 127 Å². The molecule has 2 unspecified atom stereocenters. The van der Waals surface area contributed by atoms with Crippen LogP contribution in [0, 0.1) is 5.92 Å². The maximum absolute atomic E-state index is 13.1. The molecule has 1 aliphatic heterocycles. The third-order valence-corrected chi connectivity index (χ3v) is 6.61. The molecular weight excluding hydrogens is 448 g/mol. The van der Waals surface area contributed by atoms with Crippen molar-refractivity contribution in [3.8, 4) is 5.82 Å². The lowest BCUT2D eigenvalue weighted by Gasteiger charge is -2.39. The van der Waals surface area contributed by atoms with E-state index in [1.807, 2.05) is 6.07 Å². The van der Waals surface area contributed by atoms with Crippen LogP contribution in [-0.2, 0) is 4.74 Å². The summed E-state index contributed by atoms with van der Waals surface area (Å²) in [4.78, 5) is 35.0. The van der Waals surface area contributed by atoms with E-state index in [1.165, 1.54) is 10.8 Å². The molecule has 1 aliphatic carbocycles. The molecule has 6 rings (SSSR count). The van der Waals surface area contributed by atoms with Crippen LogP contribution in [0.1, 0.15) is 23.2 Å². The Morgan fingerprint density at radius 1 is 1.23 bits per heavy atom. The number of ether oxygens (including phenoxy) is 1. The fraction of sp³-hybridized carbons (Fsp3) is 0.292. The lowest BCUT2D eigenvalue weighted by molar-refractivity contribution is -0.000551. The van der Waals surface area contributed by atoms with Gasteiger partial charge in [0.15, 0.2) is 5.65 Å². The summed E-state index contributed by atoms with van der Waals surface area (Å²) in [5, 5.41) is 13.6. The second-order valence-electron chi connectivity index (χ2n) is 8.68. The second-order valence-corrected chi connectivity index (χ2v) is 8.68. The van der Waals surface area contributed by atoms with E-state index in [0.717, 1.165) is 19.4 Å². The highest BCUT2D eigenvalue weighted by molar-refractivity contribution is 6.00. The number of amides is 1. The SMILES string of the molecule is CNc1cc(Nc2cccn(-c3ccccn3)c2=O)nc2c(C(=O)NC3C[C@@H]4CCOC34)cnn12. The van der Waals surface area contributed by atoms with Gasteiger partial charge < -0.3 is 20.7 Å². The number of anilines is 3. The number of nitrogens with zero attached hydrogens (tertiary/aromatic N) is 5.